The van der Waals surface area contributed by atoms with Crippen LogP contribution < -0.4 is 10.2 Å². The highest BCUT2D eigenvalue weighted by atomic mass is 35.5. The Morgan fingerprint density at radius 1 is 1.09 bits per heavy atom. The van der Waals surface area contributed by atoms with Gasteiger partial charge >= 0.3 is 0 Å². The van der Waals surface area contributed by atoms with Crippen molar-refractivity contribution in [3.05, 3.63) is 75.1 Å². The van der Waals surface area contributed by atoms with Crippen LogP contribution in [0.3, 0.4) is 0 Å². The van der Waals surface area contributed by atoms with Crippen LogP contribution in [0.1, 0.15) is 11.1 Å². The van der Waals surface area contributed by atoms with Crippen molar-refractivity contribution in [3.8, 4) is 5.75 Å². The van der Waals surface area contributed by atoms with Crippen LogP contribution in [0.2, 0.25) is 5.02 Å². The van der Waals surface area contributed by atoms with Crippen molar-refractivity contribution in [1.29, 1.82) is 0 Å². The summed E-state index contributed by atoms with van der Waals surface area (Å²) >= 11 is 5.85. The van der Waals surface area contributed by atoms with Gasteiger partial charge in [0.25, 0.3) is 0 Å². The zero-order valence-electron chi connectivity index (χ0n) is 11.9. The van der Waals surface area contributed by atoms with E-state index in [2.05, 4.69) is 0 Å². The third-order valence-corrected chi connectivity index (χ3v) is 3.59. The van der Waals surface area contributed by atoms with E-state index >= 15 is 0 Å². The monoisotopic (exact) mass is 312 g/mol. The van der Waals surface area contributed by atoms with Gasteiger partial charge in [0.2, 0.25) is 5.43 Å². The Kier molecular flexibility index (Phi) is 3.98. The predicted octanol–water partition coefficient (Wildman–Crippen LogP) is 4.63. The summed E-state index contributed by atoms with van der Waals surface area (Å²) in [6, 6.07) is 12.6. The summed E-state index contributed by atoms with van der Waals surface area (Å²) in [5.41, 5.74) is 1.80. The maximum atomic E-state index is 12.6. The fourth-order valence-electron chi connectivity index (χ4n) is 2.20. The first-order chi connectivity index (χ1) is 10.7. The Morgan fingerprint density at radius 3 is 2.59 bits per heavy atom. The van der Waals surface area contributed by atoms with Gasteiger partial charge in [-0.25, -0.2) is 0 Å². The molecule has 0 aliphatic carbocycles. The molecule has 0 fully saturated rings. The average Bonchev–Trinajstić information content (AvgIpc) is 2.55. The summed E-state index contributed by atoms with van der Waals surface area (Å²) in [7, 11) is 1.53. The van der Waals surface area contributed by atoms with Crippen LogP contribution in [0.15, 0.2) is 57.9 Å². The van der Waals surface area contributed by atoms with Crippen molar-refractivity contribution in [2.45, 2.75) is 0 Å². The Bertz CT molecular complexity index is 892. The first-order valence-electron chi connectivity index (χ1n) is 6.71. The van der Waals surface area contributed by atoms with E-state index in [1.54, 1.807) is 36.4 Å². The zero-order valence-corrected chi connectivity index (χ0v) is 12.6. The van der Waals surface area contributed by atoms with E-state index < -0.39 is 0 Å². The number of hydrogen-bond donors (Lipinski definition) is 0. The van der Waals surface area contributed by atoms with E-state index in [4.69, 9.17) is 20.8 Å². The minimum absolute atomic E-state index is 0.121. The zero-order chi connectivity index (χ0) is 15.5. The van der Waals surface area contributed by atoms with Gasteiger partial charge in [-0.1, -0.05) is 35.9 Å². The second kappa shape index (κ2) is 6.08. The van der Waals surface area contributed by atoms with Gasteiger partial charge in [0.1, 0.15) is 23.0 Å². The van der Waals surface area contributed by atoms with Crippen molar-refractivity contribution >= 4 is 34.7 Å². The van der Waals surface area contributed by atoms with Gasteiger partial charge < -0.3 is 9.15 Å². The van der Waals surface area contributed by atoms with Gasteiger partial charge in [-0.05, 0) is 35.9 Å². The molecule has 0 atom stereocenters. The maximum Gasteiger partial charge on any atom is 0.203 e. The number of ether oxygens (including phenoxy) is 1. The van der Waals surface area contributed by atoms with Crippen LogP contribution in [0.4, 0.5) is 0 Å². The molecule has 3 aromatic rings. The number of benzene rings is 2. The summed E-state index contributed by atoms with van der Waals surface area (Å²) in [6.07, 6.45) is 5.02. The standard InChI is InChI=1S/C18H13ClO3/c1-21-15-3-2-4-16-17(15)18(20)13(11-22-16)8-5-12-6-9-14(19)10-7-12/h2-11H,1H3/b8-5+. The molecule has 0 aliphatic heterocycles. The second-order valence-corrected chi connectivity index (χ2v) is 5.17. The summed E-state index contributed by atoms with van der Waals surface area (Å²) in [6.45, 7) is 0. The lowest BCUT2D eigenvalue weighted by molar-refractivity contribution is 0.418. The van der Waals surface area contributed by atoms with Crippen molar-refractivity contribution in [3.63, 3.8) is 0 Å². The predicted molar refractivity (Wildman–Crippen MR) is 89.4 cm³/mol. The van der Waals surface area contributed by atoms with Crippen LogP contribution in [0.25, 0.3) is 23.1 Å². The summed E-state index contributed by atoms with van der Waals surface area (Å²) in [5, 5.41) is 1.12. The van der Waals surface area contributed by atoms with Crippen LogP contribution in [-0.4, -0.2) is 7.11 Å². The second-order valence-electron chi connectivity index (χ2n) is 4.74. The molecule has 3 rings (SSSR count). The molecule has 0 unspecified atom stereocenters. The lowest BCUT2D eigenvalue weighted by atomic mass is 10.1. The normalized spacial score (nSPS) is 11.2. The Morgan fingerprint density at radius 2 is 1.86 bits per heavy atom. The van der Waals surface area contributed by atoms with E-state index in [0.29, 0.717) is 27.3 Å². The molecule has 0 spiro atoms. The fourth-order valence-corrected chi connectivity index (χ4v) is 2.33. The highest BCUT2D eigenvalue weighted by Crippen LogP contribution is 2.23. The SMILES string of the molecule is COc1cccc2occ(/C=C/c3ccc(Cl)cc3)c(=O)c12. The van der Waals surface area contributed by atoms with E-state index in [-0.39, 0.29) is 5.43 Å². The van der Waals surface area contributed by atoms with Crippen LogP contribution in [-0.2, 0) is 0 Å². The number of hydrogen-bond acceptors (Lipinski definition) is 3. The molecular formula is C18H13ClO3. The molecule has 0 saturated carbocycles. The van der Waals surface area contributed by atoms with E-state index in [9.17, 15) is 4.79 Å². The van der Waals surface area contributed by atoms with Gasteiger partial charge in [-0.2, -0.15) is 0 Å². The molecule has 1 heterocycles. The smallest absolute Gasteiger partial charge is 0.203 e. The van der Waals surface area contributed by atoms with Crippen molar-refractivity contribution in [2.24, 2.45) is 0 Å². The maximum absolute atomic E-state index is 12.6. The van der Waals surface area contributed by atoms with Gasteiger partial charge in [0.05, 0.1) is 12.7 Å². The first-order valence-corrected chi connectivity index (χ1v) is 7.09. The van der Waals surface area contributed by atoms with Crippen molar-refractivity contribution < 1.29 is 9.15 Å². The Hall–Kier alpha value is -2.52. The van der Waals surface area contributed by atoms with E-state index in [0.717, 1.165) is 5.56 Å². The van der Waals surface area contributed by atoms with Crippen molar-refractivity contribution in [2.75, 3.05) is 7.11 Å². The molecule has 0 N–H and O–H groups in total. The van der Waals surface area contributed by atoms with E-state index in [1.165, 1.54) is 13.4 Å². The number of fused-ring (bicyclic) bond motifs is 1. The highest BCUT2D eigenvalue weighted by molar-refractivity contribution is 6.30. The lowest BCUT2D eigenvalue weighted by Crippen LogP contribution is -2.06. The molecule has 0 radical (unpaired) electrons. The fraction of sp³-hybridized carbons (Fsp3) is 0.0556. The van der Waals surface area contributed by atoms with Gasteiger partial charge in [0.15, 0.2) is 0 Å². The van der Waals surface area contributed by atoms with Crippen LogP contribution in [0, 0.1) is 0 Å². The molecular weight excluding hydrogens is 300 g/mol. The van der Waals surface area contributed by atoms with Crippen molar-refractivity contribution in [1.82, 2.24) is 0 Å². The minimum Gasteiger partial charge on any atom is -0.496 e. The molecule has 2 aromatic carbocycles. The Labute approximate surface area is 132 Å². The molecule has 0 aliphatic rings. The highest BCUT2D eigenvalue weighted by Gasteiger charge is 2.09. The number of rotatable bonds is 3. The molecule has 22 heavy (non-hydrogen) atoms. The number of methoxy groups -OCH3 is 1. The molecule has 0 saturated heterocycles. The third kappa shape index (κ3) is 2.76. The lowest BCUT2D eigenvalue weighted by Gasteiger charge is -2.04. The summed E-state index contributed by atoms with van der Waals surface area (Å²) in [5.74, 6) is 0.507. The minimum atomic E-state index is -0.121. The molecule has 0 amide bonds. The summed E-state index contributed by atoms with van der Waals surface area (Å²) in [4.78, 5) is 12.6. The van der Waals surface area contributed by atoms with Gasteiger partial charge in [-0.15, -0.1) is 0 Å². The molecule has 1 aromatic heterocycles. The molecule has 4 heteroatoms. The average molecular weight is 313 g/mol. The summed E-state index contributed by atoms with van der Waals surface area (Å²) < 4.78 is 10.8. The van der Waals surface area contributed by atoms with Crippen LogP contribution >= 0.6 is 11.6 Å². The molecule has 0 bridgehead atoms. The Balaban J connectivity index is 2.06. The number of halogens is 1. The molecule has 110 valence electrons. The van der Waals surface area contributed by atoms with Crippen LogP contribution in [0.5, 0.6) is 5.75 Å². The largest absolute Gasteiger partial charge is 0.496 e. The van der Waals surface area contributed by atoms with Gasteiger partial charge in [-0.3, -0.25) is 4.79 Å². The van der Waals surface area contributed by atoms with Gasteiger partial charge in [0, 0.05) is 5.02 Å². The quantitative estimate of drug-likeness (QED) is 0.708. The van der Waals surface area contributed by atoms with E-state index in [1.807, 2.05) is 18.2 Å². The molecule has 3 nitrogen and oxygen atoms in total. The first kappa shape index (κ1) is 14.4. The third-order valence-electron chi connectivity index (χ3n) is 3.34. The topological polar surface area (TPSA) is 39.4 Å².